The van der Waals surface area contributed by atoms with Crippen LogP contribution in [0.5, 0.6) is 5.75 Å². The number of phenolic OH excluding ortho intramolecular Hbond substituents is 1. The van der Waals surface area contributed by atoms with Crippen LogP contribution < -0.4 is 16.0 Å². The van der Waals surface area contributed by atoms with E-state index in [1.807, 2.05) is 6.26 Å². The van der Waals surface area contributed by atoms with Crippen LogP contribution in [0.3, 0.4) is 0 Å². The van der Waals surface area contributed by atoms with Crippen LogP contribution in [0.25, 0.3) is 0 Å². The van der Waals surface area contributed by atoms with Crippen LogP contribution in [0, 0.1) is 0 Å². The normalized spacial score (nSPS) is 11.4. The van der Waals surface area contributed by atoms with Gasteiger partial charge >= 0.3 is 0 Å². The smallest absolute Gasteiger partial charge is 0.253 e. The third-order valence-corrected chi connectivity index (χ3v) is 5.37. The van der Waals surface area contributed by atoms with E-state index >= 15 is 0 Å². The van der Waals surface area contributed by atoms with Gasteiger partial charge in [-0.3, -0.25) is 14.4 Å². The third kappa shape index (κ3) is 8.15. The first-order chi connectivity index (χ1) is 14.9. The van der Waals surface area contributed by atoms with Gasteiger partial charge in [0.2, 0.25) is 5.91 Å². The number of carbonyl (C=O) groups is 3. The highest BCUT2D eigenvalue weighted by atomic mass is 35.5. The van der Waals surface area contributed by atoms with Crippen LogP contribution in [0.4, 0.5) is 0 Å². The van der Waals surface area contributed by atoms with E-state index in [0.29, 0.717) is 47.8 Å². The zero-order chi connectivity index (χ0) is 22.6. The molecule has 0 bridgehead atoms. The van der Waals surface area contributed by atoms with Crippen molar-refractivity contribution in [2.75, 3.05) is 25.1 Å². The first-order valence-corrected chi connectivity index (χ1v) is 11.6. The van der Waals surface area contributed by atoms with Gasteiger partial charge in [-0.15, -0.1) is 0 Å². The van der Waals surface area contributed by atoms with Crippen LogP contribution in [0.15, 0.2) is 48.5 Å². The summed E-state index contributed by atoms with van der Waals surface area (Å²) in [5.74, 6) is -0.248. The summed E-state index contributed by atoms with van der Waals surface area (Å²) in [6.45, 7) is 0.702. The summed E-state index contributed by atoms with van der Waals surface area (Å²) in [7, 11) is 0. The molecule has 1 atom stereocenters. The van der Waals surface area contributed by atoms with Crippen molar-refractivity contribution < 1.29 is 19.5 Å². The maximum Gasteiger partial charge on any atom is 0.253 e. The highest BCUT2D eigenvalue weighted by molar-refractivity contribution is 7.98. The van der Waals surface area contributed by atoms with Gasteiger partial charge in [-0.25, -0.2) is 0 Å². The maximum absolute atomic E-state index is 12.6. The van der Waals surface area contributed by atoms with E-state index in [-0.39, 0.29) is 17.6 Å². The van der Waals surface area contributed by atoms with Crippen molar-refractivity contribution in [2.45, 2.75) is 18.9 Å². The van der Waals surface area contributed by atoms with Gasteiger partial charge in [0.15, 0.2) is 0 Å². The van der Waals surface area contributed by atoms with Gasteiger partial charge in [0.05, 0.1) is 10.6 Å². The molecule has 0 aromatic heterocycles. The lowest BCUT2D eigenvalue weighted by atomic mass is 10.1. The van der Waals surface area contributed by atoms with Gasteiger partial charge in [0.25, 0.3) is 11.8 Å². The zero-order valence-electron chi connectivity index (χ0n) is 17.2. The Kier molecular flexibility index (Phi) is 10.2. The van der Waals surface area contributed by atoms with Crippen molar-refractivity contribution in [3.63, 3.8) is 0 Å². The summed E-state index contributed by atoms with van der Waals surface area (Å²) in [5.41, 5.74) is 0.684. The molecular formula is C22H26ClN3O4S. The molecule has 0 saturated heterocycles. The number of thioether (sulfide) groups is 1. The molecule has 2 rings (SSSR count). The number of halogens is 1. The van der Waals surface area contributed by atoms with Gasteiger partial charge in [0.1, 0.15) is 11.8 Å². The van der Waals surface area contributed by atoms with E-state index in [1.165, 1.54) is 12.1 Å². The average molecular weight is 464 g/mol. The number of amides is 3. The monoisotopic (exact) mass is 463 g/mol. The molecule has 4 N–H and O–H groups in total. The molecule has 0 fully saturated rings. The molecule has 0 radical (unpaired) electrons. The Morgan fingerprint density at radius 3 is 2.48 bits per heavy atom. The summed E-state index contributed by atoms with van der Waals surface area (Å²) in [4.78, 5) is 37.1. The number of phenols is 1. The van der Waals surface area contributed by atoms with Crippen LogP contribution in [-0.2, 0) is 4.79 Å². The maximum atomic E-state index is 12.6. The fraction of sp³-hybridized carbons (Fsp3) is 0.318. The molecule has 0 spiro atoms. The van der Waals surface area contributed by atoms with Crippen molar-refractivity contribution >= 4 is 41.1 Å². The van der Waals surface area contributed by atoms with Crippen molar-refractivity contribution in [1.82, 2.24) is 16.0 Å². The standard InChI is InChI=1S/C22H26ClN3O4S/c1-31-13-10-19(26-21(29)17-8-2-3-9-18(17)23)22(30)25-12-5-11-24-20(28)15-6-4-7-16(27)14-15/h2-4,6-9,14,19,27H,5,10-13H2,1H3,(H,24,28)(H,25,30)(H,26,29). The van der Waals surface area contributed by atoms with Crippen molar-refractivity contribution in [1.29, 1.82) is 0 Å². The molecule has 2 aromatic rings. The van der Waals surface area contributed by atoms with E-state index < -0.39 is 11.9 Å². The first-order valence-electron chi connectivity index (χ1n) is 9.81. The Morgan fingerprint density at radius 2 is 1.77 bits per heavy atom. The second kappa shape index (κ2) is 12.9. The second-order valence-corrected chi connectivity index (χ2v) is 8.13. The summed E-state index contributed by atoms with van der Waals surface area (Å²) in [6, 6.07) is 12.1. The number of hydrogen-bond donors (Lipinski definition) is 4. The van der Waals surface area contributed by atoms with Gasteiger partial charge in [-0.1, -0.05) is 29.8 Å². The summed E-state index contributed by atoms with van der Waals surface area (Å²) in [5, 5.41) is 18.0. The molecule has 0 aliphatic heterocycles. The lowest BCUT2D eigenvalue weighted by Crippen LogP contribution is -2.47. The number of aromatic hydroxyl groups is 1. The van der Waals surface area contributed by atoms with Crippen LogP contribution in [-0.4, -0.2) is 54.0 Å². The van der Waals surface area contributed by atoms with Crippen molar-refractivity contribution in [3.8, 4) is 5.75 Å². The van der Waals surface area contributed by atoms with E-state index in [0.717, 1.165) is 0 Å². The molecule has 0 heterocycles. The molecule has 0 saturated carbocycles. The zero-order valence-corrected chi connectivity index (χ0v) is 18.8. The van der Waals surface area contributed by atoms with E-state index in [9.17, 15) is 19.5 Å². The van der Waals surface area contributed by atoms with Gasteiger partial charge in [-0.2, -0.15) is 11.8 Å². The Labute approximate surface area is 190 Å². The number of rotatable bonds is 11. The average Bonchev–Trinajstić information content (AvgIpc) is 2.76. The molecule has 3 amide bonds. The second-order valence-electron chi connectivity index (χ2n) is 6.74. The van der Waals surface area contributed by atoms with Crippen LogP contribution in [0.2, 0.25) is 5.02 Å². The molecule has 0 aliphatic carbocycles. The van der Waals surface area contributed by atoms with Crippen molar-refractivity contribution in [3.05, 3.63) is 64.7 Å². The van der Waals surface area contributed by atoms with Gasteiger partial charge in [0, 0.05) is 18.7 Å². The highest BCUT2D eigenvalue weighted by Crippen LogP contribution is 2.15. The fourth-order valence-electron chi connectivity index (χ4n) is 2.76. The van der Waals surface area contributed by atoms with Crippen molar-refractivity contribution in [2.24, 2.45) is 0 Å². The first kappa shape index (κ1) is 24.6. The van der Waals surface area contributed by atoms with E-state index in [1.54, 1.807) is 48.2 Å². The largest absolute Gasteiger partial charge is 0.508 e. The topological polar surface area (TPSA) is 108 Å². The molecule has 166 valence electrons. The molecular weight excluding hydrogens is 438 g/mol. The van der Waals surface area contributed by atoms with Crippen LogP contribution >= 0.6 is 23.4 Å². The lowest BCUT2D eigenvalue weighted by molar-refractivity contribution is -0.123. The molecule has 0 aliphatic rings. The number of benzene rings is 2. The van der Waals surface area contributed by atoms with Crippen LogP contribution in [0.1, 0.15) is 33.6 Å². The Balaban J connectivity index is 1.80. The predicted octanol–water partition coefficient (Wildman–Crippen LogP) is 2.83. The quantitative estimate of drug-likeness (QED) is 0.383. The summed E-state index contributed by atoms with van der Waals surface area (Å²) < 4.78 is 0. The minimum atomic E-state index is -0.682. The lowest BCUT2D eigenvalue weighted by Gasteiger charge is -2.18. The minimum Gasteiger partial charge on any atom is -0.508 e. The Morgan fingerprint density at radius 1 is 1.03 bits per heavy atom. The molecule has 7 nitrogen and oxygen atoms in total. The Hall–Kier alpha value is -2.71. The molecule has 31 heavy (non-hydrogen) atoms. The molecule has 1 unspecified atom stereocenters. The molecule has 9 heteroatoms. The highest BCUT2D eigenvalue weighted by Gasteiger charge is 2.21. The number of hydrogen-bond acceptors (Lipinski definition) is 5. The number of carbonyl (C=O) groups excluding carboxylic acids is 3. The third-order valence-electron chi connectivity index (χ3n) is 4.40. The predicted molar refractivity (Wildman–Crippen MR) is 124 cm³/mol. The fourth-order valence-corrected chi connectivity index (χ4v) is 3.45. The summed E-state index contributed by atoms with van der Waals surface area (Å²) >= 11 is 7.65. The minimum absolute atomic E-state index is 0.0232. The van der Waals surface area contributed by atoms with Gasteiger partial charge in [-0.05, 0) is 55.2 Å². The van der Waals surface area contributed by atoms with Gasteiger partial charge < -0.3 is 21.1 Å². The number of nitrogens with one attached hydrogen (secondary N) is 3. The van der Waals surface area contributed by atoms with E-state index in [2.05, 4.69) is 16.0 Å². The SMILES string of the molecule is CSCCC(NC(=O)c1ccccc1Cl)C(=O)NCCCNC(=O)c1cccc(O)c1. The van der Waals surface area contributed by atoms with E-state index in [4.69, 9.17) is 11.6 Å². The molecule has 2 aromatic carbocycles. The summed E-state index contributed by atoms with van der Waals surface area (Å²) in [6.07, 6.45) is 2.93. The Bertz CT molecular complexity index is 910.